The minimum absolute atomic E-state index is 0.144. The Kier molecular flexibility index (Phi) is 13.0. The molecule has 0 aliphatic heterocycles. The van der Waals surface area contributed by atoms with Crippen molar-refractivity contribution in [2.24, 2.45) is 0 Å². The minimum Gasteiger partial charge on any atom is -0.383 e. The molecule has 0 aliphatic carbocycles. The molecule has 5 heteroatoms. The van der Waals surface area contributed by atoms with Crippen LogP contribution in [0.2, 0.25) is 0 Å². The van der Waals surface area contributed by atoms with Crippen molar-refractivity contribution in [1.29, 1.82) is 0 Å². The summed E-state index contributed by atoms with van der Waals surface area (Å²) in [4.78, 5) is 27.1. The van der Waals surface area contributed by atoms with E-state index in [1.165, 1.54) is 70.1 Å². The zero-order valence-electron chi connectivity index (χ0n) is 17.0. The number of aromatic nitrogens is 2. The van der Waals surface area contributed by atoms with Crippen LogP contribution >= 0.6 is 0 Å². The number of anilines is 1. The van der Waals surface area contributed by atoms with E-state index in [0.29, 0.717) is 6.42 Å². The molecule has 0 unspecified atom stereocenters. The first kappa shape index (κ1) is 23.1. The first-order valence-electron chi connectivity index (χ1n) is 10.7. The predicted molar refractivity (Wildman–Crippen MR) is 113 cm³/mol. The average molecular weight is 376 g/mol. The maximum absolute atomic E-state index is 12.0. The monoisotopic (exact) mass is 375 g/mol. The number of rotatable bonds is 15. The SMILES string of the molecule is CCCCCCCCC=CCCCCCCCC(=O)n1ccc(N)nc1=O. The van der Waals surface area contributed by atoms with E-state index in [2.05, 4.69) is 24.1 Å². The fourth-order valence-electron chi connectivity index (χ4n) is 3.07. The molecule has 1 aromatic rings. The standard InChI is InChI=1S/C22H37N3O2/c1-2-3-4-5-6-7-8-9-10-11-12-13-14-15-16-17-21(26)25-19-18-20(23)24-22(25)27/h9-10,18-19H,2-8,11-17H2,1H3,(H2,23,24,27). The van der Waals surface area contributed by atoms with E-state index in [0.717, 1.165) is 30.3 Å². The van der Waals surface area contributed by atoms with Crippen LogP contribution in [0.1, 0.15) is 102 Å². The average Bonchev–Trinajstić information content (AvgIpc) is 2.64. The van der Waals surface area contributed by atoms with Crippen molar-refractivity contribution in [2.45, 2.75) is 96.8 Å². The van der Waals surface area contributed by atoms with Gasteiger partial charge in [0.2, 0.25) is 5.91 Å². The number of carbonyl (C=O) groups is 1. The molecule has 0 amide bonds. The van der Waals surface area contributed by atoms with E-state index in [-0.39, 0.29) is 11.7 Å². The van der Waals surface area contributed by atoms with Crippen LogP contribution < -0.4 is 11.4 Å². The smallest absolute Gasteiger partial charge is 0.356 e. The Morgan fingerprint density at radius 3 is 2.11 bits per heavy atom. The van der Waals surface area contributed by atoms with Crippen LogP contribution in [-0.2, 0) is 0 Å². The molecular weight excluding hydrogens is 338 g/mol. The van der Waals surface area contributed by atoms with Gasteiger partial charge in [-0.25, -0.2) is 9.36 Å². The van der Waals surface area contributed by atoms with Crippen molar-refractivity contribution >= 4 is 11.7 Å². The summed E-state index contributed by atoms with van der Waals surface area (Å²) in [5.41, 5.74) is 4.83. The molecule has 5 nitrogen and oxygen atoms in total. The summed E-state index contributed by atoms with van der Waals surface area (Å²) in [5, 5.41) is 0. The Morgan fingerprint density at radius 2 is 1.52 bits per heavy atom. The van der Waals surface area contributed by atoms with Gasteiger partial charge in [0.25, 0.3) is 0 Å². The lowest BCUT2D eigenvalue weighted by Crippen LogP contribution is -2.28. The quantitative estimate of drug-likeness (QED) is 0.324. The van der Waals surface area contributed by atoms with Crippen LogP contribution in [0.5, 0.6) is 0 Å². The van der Waals surface area contributed by atoms with Crippen LogP contribution in [0.3, 0.4) is 0 Å². The van der Waals surface area contributed by atoms with E-state index in [1.54, 1.807) is 0 Å². The zero-order chi connectivity index (χ0) is 19.7. The maximum atomic E-state index is 12.0. The predicted octanol–water partition coefficient (Wildman–Crippen LogP) is 5.50. The first-order valence-corrected chi connectivity index (χ1v) is 10.7. The maximum Gasteiger partial charge on any atom is 0.356 e. The molecule has 0 fully saturated rings. The van der Waals surface area contributed by atoms with Crippen LogP contribution in [0.25, 0.3) is 0 Å². The minimum atomic E-state index is -0.590. The molecular formula is C22H37N3O2. The summed E-state index contributed by atoms with van der Waals surface area (Å²) in [6.45, 7) is 2.25. The van der Waals surface area contributed by atoms with Gasteiger partial charge in [-0.1, -0.05) is 70.4 Å². The highest BCUT2D eigenvalue weighted by atomic mass is 16.2. The lowest BCUT2D eigenvalue weighted by molar-refractivity contribution is 0.0893. The number of hydrogen-bond donors (Lipinski definition) is 1. The van der Waals surface area contributed by atoms with Gasteiger partial charge in [0.15, 0.2) is 0 Å². The summed E-state index contributed by atoms with van der Waals surface area (Å²) in [7, 11) is 0. The van der Waals surface area contributed by atoms with E-state index in [9.17, 15) is 9.59 Å². The molecule has 0 aliphatic rings. The van der Waals surface area contributed by atoms with Crippen molar-refractivity contribution in [3.05, 3.63) is 34.9 Å². The Balaban J connectivity index is 1.95. The number of nitrogens with two attached hydrogens (primary N) is 1. The Bertz CT molecular complexity index is 608. The molecule has 1 rings (SSSR count). The van der Waals surface area contributed by atoms with Gasteiger partial charge in [-0.05, 0) is 38.2 Å². The van der Waals surface area contributed by atoms with Crippen LogP contribution in [0.15, 0.2) is 29.2 Å². The number of unbranched alkanes of at least 4 members (excludes halogenated alkanes) is 11. The van der Waals surface area contributed by atoms with Gasteiger partial charge in [-0.15, -0.1) is 0 Å². The van der Waals surface area contributed by atoms with E-state index < -0.39 is 5.69 Å². The van der Waals surface area contributed by atoms with Crippen LogP contribution in [-0.4, -0.2) is 15.5 Å². The third-order valence-electron chi connectivity index (χ3n) is 4.75. The summed E-state index contributed by atoms with van der Waals surface area (Å²) < 4.78 is 1.05. The highest BCUT2D eigenvalue weighted by Gasteiger charge is 2.07. The fraction of sp³-hybridized carbons (Fsp3) is 0.682. The van der Waals surface area contributed by atoms with Gasteiger partial charge in [0.05, 0.1) is 0 Å². The van der Waals surface area contributed by atoms with Crippen molar-refractivity contribution in [2.75, 3.05) is 5.73 Å². The first-order chi connectivity index (χ1) is 13.1. The Hall–Kier alpha value is -1.91. The number of hydrogen-bond acceptors (Lipinski definition) is 4. The molecule has 27 heavy (non-hydrogen) atoms. The Labute approximate surface area is 164 Å². The highest BCUT2D eigenvalue weighted by molar-refractivity contribution is 5.78. The highest BCUT2D eigenvalue weighted by Crippen LogP contribution is 2.10. The second-order valence-corrected chi connectivity index (χ2v) is 7.23. The number of allylic oxidation sites excluding steroid dienone is 2. The van der Waals surface area contributed by atoms with Crippen molar-refractivity contribution in [3.8, 4) is 0 Å². The topological polar surface area (TPSA) is 78.0 Å². The van der Waals surface area contributed by atoms with Gasteiger partial charge in [0, 0.05) is 12.6 Å². The molecule has 1 aromatic heterocycles. The molecule has 0 saturated carbocycles. The molecule has 0 saturated heterocycles. The summed E-state index contributed by atoms with van der Waals surface area (Å²) in [5.74, 6) is -0.0600. The zero-order valence-corrected chi connectivity index (χ0v) is 17.0. The summed E-state index contributed by atoms with van der Waals surface area (Å²) in [6, 6.07) is 1.47. The molecule has 0 atom stereocenters. The van der Waals surface area contributed by atoms with Crippen molar-refractivity contribution < 1.29 is 4.79 Å². The lowest BCUT2D eigenvalue weighted by Gasteiger charge is -2.04. The van der Waals surface area contributed by atoms with Crippen molar-refractivity contribution in [1.82, 2.24) is 9.55 Å². The summed E-state index contributed by atoms with van der Waals surface area (Å²) >= 11 is 0. The molecule has 1 heterocycles. The normalized spacial score (nSPS) is 11.3. The van der Waals surface area contributed by atoms with Gasteiger partial charge in [-0.2, -0.15) is 4.98 Å². The van der Waals surface area contributed by atoms with Gasteiger partial charge in [0.1, 0.15) is 5.82 Å². The Morgan fingerprint density at radius 1 is 0.963 bits per heavy atom. The lowest BCUT2D eigenvalue weighted by atomic mass is 10.1. The second-order valence-electron chi connectivity index (χ2n) is 7.23. The van der Waals surface area contributed by atoms with E-state index >= 15 is 0 Å². The fourth-order valence-corrected chi connectivity index (χ4v) is 3.07. The number of carbonyl (C=O) groups excluding carboxylic acids is 1. The van der Waals surface area contributed by atoms with Gasteiger partial charge >= 0.3 is 5.69 Å². The molecule has 2 N–H and O–H groups in total. The third-order valence-corrected chi connectivity index (χ3v) is 4.75. The van der Waals surface area contributed by atoms with Crippen LogP contribution in [0.4, 0.5) is 5.82 Å². The molecule has 152 valence electrons. The molecule has 0 bridgehead atoms. The van der Waals surface area contributed by atoms with Gasteiger partial charge in [-0.3, -0.25) is 4.79 Å². The number of nitrogens with zero attached hydrogens (tertiary/aromatic N) is 2. The molecule has 0 aromatic carbocycles. The number of nitrogen functional groups attached to an aromatic ring is 1. The summed E-state index contributed by atoms with van der Waals surface area (Å²) in [6.07, 6.45) is 22.3. The third kappa shape index (κ3) is 11.4. The second kappa shape index (κ2) is 15.2. The van der Waals surface area contributed by atoms with E-state index in [4.69, 9.17) is 5.73 Å². The van der Waals surface area contributed by atoms with Crippen LogP contribution in [0, 0.1) is 0 Å². The van der Waals surface area contributed by atoms with E-state index in [1.807, 2.05) is 0 Å². The largest absolute Gasteiger partial charge is 0.383 e. The molecule has 0 spiro atoms. The van der Waals surface area contributed by atoms with Gasteiger partial charge < -0.3 is 5.73 Å². The van der Waals surface area contributed by atoms with Crippen molar-refractivity contribution in [3.63, 3.8) is 0 Å². The molecule has 0 radical (unpaired) electrons.